The number of hydrogen-bond donors (Lipinski definition) is 1. The van der Waals surface area contributed by atoms with Gasteiger partial charge in [0, 0.05) is 19.0 Å². The van der Waals surface area contributed by atoms with Crippen molar-refractivity contribution in [3.63, 3.8) is 0 Å². The van der Waals surface area contributed by atoms with Gasteiger partial charge in [0.1, 0.15) is 18.2 Å². The van der Waals surface area contributed by atoms with E-state index in [0.717, 1.165) is 36.2 Å². The molecule has 1 aromatic carbocycles. The molecular weight excluding hydrogens is 300 g/mol. The van der Waals surface area contributed by atoms with Crippen LogP contribution in [0.25, 0.3) is 0 Å². The Morgan fingerprint density at radius 3 is 2.46 bits per heavy atom. The summed E-state index contributed by atoms with van der Waals surface area (Å²) in [4.78, 5) is 0. The predicted molar refractivity (Wildman–Crippen MR) is 92.9 cm³/mol. The molecule has 4 rings (SSSR count). The Balaban J connectivity index is 1.36. The Morgan fingerprint density at radius 2 is 1.79 bits per heavy atom. The third kappa shape index (κ3) is 3.05. The van der Waals surface area contributed by atoms with E-state index >= 15 is 0 Å². The van der Waals surface area contributed by atoms with Gasteiger partial charge in [0.2, 0.25) is 0 Å². The maximum absolute atomic E-state index is 5.91. The standard InChI is InChI=1S/C19H26N4O/c1-23-18(21-22-19(23)15-10-16(20)11-15)12-24-17-8-6-14(7-9-17)13-4-2-3-5-13/h6-9,13,15-16H,2-5,10-12,20H2,1H3. The Labute approximate surface area is 143 Å². The van der Waals surface area contributed by atoms with E-state index in [-0.39, 0.29) is 0 Å². The number of benzene rings is 1. The average molecular weight is 326 g/mol. The second kappa shape index (κ2) is 6.55. The molecule has 2 fully saturated rings. The number of aromatic nitrogens is 3. The number of nitrogens with two attached hydrogens (primary N) is 1. The van der Waals surface area contributed by atoms with Gasteiger partial charge in [-0.2, -0.15) is 0 Å². The van der Waals surface area contributed by atoms with Crippen molar-refractivity contribution in [2.75, 3.05) is 0 Å². The molecule has 0 spiro atoms. The van der Waals surface area contributed by atoms with E-state index in [2.05, 4.69) is 39.0 Å². The third-order valence-electron chi connectivity index (χ3n) is 5.61. The van der Waals surface area contributed by atoms with Crippen LogP contribution < -0.4 is 10.5 Å². The van der Waals surface area contributed by atoms with Crippen LogP contribution in [-0.2, 0) is 13.7 Å². The monoisotopic (exact) mass is 326 g/mol. The Hall–Kier alpha value is -1.88. The first-order valence-electron chi connectivity index (χ1n) is 9.07. The van der Waals surface area contributed by atoms with Gasteiger partial charge in [0.05, 0.1) is 0 Å². The molecule has 5 heteroatoms. The predicted octanol–water partition coefficient (Wildman–Crippen LogP) is 3.26. The van der Waals surface area contributed by atoms with E-state index < -0.39 is 0 Å². The van der Waals surface area contributed by atoms with Crippen LogP contribution in [0.5, 0.6) is 5.75 Å². The lowest BCUT2D eigenvalue weighted by Gasteiger charge is -2.31. The van der Waals surface area contributed by atoms with Crippen LogP contribution in [0.1, 0.15) is 67.6 Å². The summed E-state index contributed by atoms with van der Waals surface area (Å²) in [6.45, 7) is 0.449. The zero-order chi connectivity index (χ0) is 16.5. The van der Waals surface area contributed by atoms with Gasteiger partial charge in [0.25, 0.3) is 0 Å². The number of ether oxygens (including phenoxy) is 1. The first-order valence-corrected chi connectivity index (χ1v) is 9.07. The Bertz CT molecular complexity index is 682. The van der Waals surface area contributed by atoms with E-state index in [4.69, 9.17) is 10.5 Å². The quantitative estimate of drug-likeness (QED) is 0.916. The molecule has 0 atom stereocenters. The van der Waals surface area contributed by atoms with E-state index in [1.807, 2.05) is 7.05 Å². The van der Waals surface area contributed by atoms with E-state index in [0.29, 0.717) is 18.6 Å². The fraction of sp³-hybridized carbons (Fsp3) is 0.579. The van der Waals surface area contributed by atoms with Crippen molar-refractivity contribution in [2.24, 2.45) is 12.8 Å². The normalized spacial score (nSPS) is 24.1. The van der Waals surface area contributed by atoms with Crippen LogP contribution in [0.4, 0.5) is 0 Å². The van der Waals surface area contributed by atoms with Crippen molar-refractivity contribution in [3.8, 4) is 5.75 Å². The van der Waals surface area contributed by atoms with Gasteiger partial charge in [-0.05, 0) is 49.3 Å². The summed E-state index contributed by atoms with van der Waals surface area (Å²) in [6, 6.07) is 8.91. The first-order chi connectivity index (χ1) is 11.7. The van der Waals surface area contributed by atoms with Crippen LogP contribution in [0.2, 0.25) is 0 Å². The van der Waals surface area contributed by atoms with Crippen LogP contribution >= 0.6 is 0 Å². The van der Waals surface area contributed by atoms with Crippen LogP contribution in [-0.4, -0.2) is 20.8 Å². The molecule has 128 valence electrons. The van der Waals surface area contributed by atoms with Gasteiger partial charge < -0.3 is 15.0 Å². The summed E-state index contributed by atoms with van der Waals surface area (Å²) in [5.74, 6) is 4.00. The summed E-state index contributed by atoms with van der Waals surface area (Å²) in [7, 11) is 2.01. The van der Waals surface area contributed by atoms with Crippen molar-refractivity contribution in [3.05, 3.63) is 41.5 Å². The summed E-state index contributed by atoms with van der Waals surface area (Å²) in [6.07, 6.45) is 7.40. The van der Waals surface area contributed by atoms with Gasteiger partial charge in [0.15, 0.2) is 5.82 Å². The summed E-state index contributed by atoms with van der Waals surface area (Å²) >= 11 is 0. The number of nitrogens with zero attached hydrogens (tertiary/aromatic N) is 3. The van der Waals surface area contributed by atoms with E-state index in [9.17, 15) is 0 Å². The molecule has 1 aromatic heterocycles. The average Bonchev–Trinajstić information content (AvgIpc) is 3.21. The zero-order valence-corrected chi connectivity index (χ0v) is 14.3. The molecule has 2 aliphatic rings. The fourth-order valence-electron chi connectivity index (χ4n) is 3.97. The second-order valence-electron chi connectivity index (χ2n) is 7.30. The minimum Gasteiger partial charge on any atom is -0.486 e. The third-order valence-corrected chi connectivity index (χ3v) is 5.61. The Kier molecular flexibility index (Phi) is 4.27. The molecule has 0 saturated heterocycles. The highest BCUT2D eigenvalue weighted by Gasteiger charge is 2.31. The molecule has 24 heavy (non-hydrogen) atoms. The summed E-state index contributed by atoms with van der Waals surface area (Å²) in [5, 5.41) is 8.61. The molecule has 5 nitrogen and oxygen atoms in total. The van der Waals surface area contributed by atoms with Crippen LogP contribution in [0.3, 0.4) is 0 Å². The molecule has 0 radical (unpaired) electrons. The van der Waals surface area contributed by atoms with Gasteiger partial charge in [-0.25, -0.2) is 0 Å². The number of rotatable bonds is 5. The van der Waals surface area contributed by atoms with E-state index in [1.165, 1.54) is 31.2 Å². The van der Waals surface area contributed by atoms with Crippen molar-refractivity contribution < 1.29 is 4.74 Å². The molecule has 1 heterocycles. The van der Waals surface area contributed by atoms with Gasteiger partial charge in [-0.3, -0.25) is 0 Å². The molecule has 2 aliphatic carbocycles. The van der Waals surface area contributed by atoms with Gasteiger partial charge in [-0.15, -0.1) is 10.2 Å². The molecular formula is C19H26N4O. The summed E-state index contributed by atoms with van der Waals surface area (Å²) < 4.78 is 7.97. The highest BCUT2D eigenvalue weighted by Crippen LogP contribution is 2.35. The maximum atomic E-state index is 5.91. The van der Waals surface area contributed by atoms with Crippen molar-refractivity contribution in [2.45, 2.75) is 63.0 Å². The zero-order valence-electron chi connectivity index (χ0n) is 14.3. The lowest BCUT2D eigenvalue weighted by Crippen LogP contribution is -2.36. The molecule has 0 amide bonds. The van der Waals surface area contributed by atoms with Crippen LogP contribution in [0.15, 0.2) is 24.3 Å². The van der Waals surface area contributed by atoms with E-state index in [1.54, 1.807) is 0 Å². The highest BCUT2D eigenvalue weighted by molar-refractivity contribution is 5.30. The molecule has 2 saturated carbocycles. The maximum Gasteiger partial charge on any atom is 0.170 e. The van der Waals surface area contributed by atoms with Gasteiger partial charge in [-0.1, -0.05) is 25.0 Å². The van der Waals surface area contributed by atoms with Crippen molar-refractivity contribution in [1.82, 2.24) is 14.8 Å². The highest BCUT2D eigenvalue weighted by atomic mass is 16.5. The summed E-state index contributed by atoms with van der Waals surface area (Å²) in [5.41, 5.74) is 7.32. The minimum absolute atomic E-state index is 0.324. The topological polar surface area (TPSA) is 66.0 Å². The second-order valence-corrected chi connectivity index (χ2v) is 7.30. The lowest BCUT2D eigenvalue weighted by atomic mass is 9.80. The minimum atomic E-state index is 0.324. The molecule has 0 unspecified atom stereocenters. The Morgan fingerprint density at radius 1 is 1.08 bits per heavy atom. The van der Waals surface area contributed by atoms with Crippen LogP contribution in [0, 0.1) is 0 Å². The fourth-order valence-corrected chi connectivity index (χ4v) is 3.97. The number of hydrogen-bond acceptors (Lipinski definition) is 4. The molecule has 2 N–H and O–H groups in total. The van der Waals surface area contributed by atoms with Crippen molar-refractivity contribution >= 4 is 0 Å². The smallest absolute Gasteiger partial charge is 0.170 e. The molecule has 2 aromatic rings. The first kappa shape index (κ1) is 15.6. The van der Waals surface area contributed by atoms with Gasteiger partial charge >= 0.3 is 0 Å². The lowest BCUT2D eigenvalue weighted by molar-refractivity contribution is 0.288. The SMILES string of the molecule is Cn1c(COc2ccc(C3CCCC3)cc2)nnc1C1CC(N)C1. The molecule has 0 aliphatic heterocycles. The molecule has 0 bridgehead atoms. The van der Waals surface area contributed by atoms with Crippen molar-refractivity contribution in [1.29, 1.82) is 0 Å². The largest absolute Gasteiger partial charge is 0.486 e.